The monoisotopic (exact) mass is 422 g/mol. The summed E-state index contributed by atoms with van der Waals surface area (Å²) >= 11 is 0. The first kappa shape index (κ1) is 24.3. The van der Waals surface area contributed by atoms with Gasteiger partial charge in [0.1, 0.15) is 23.9 Å². The average Bonchev–Trinajstić information content (AvgIpc) is 2.80. The first-order valence-corrected chi connectivity index (χ1v) is 11.1. The molecule has 0 saturated heterocycles. The number of rotatable bonds is 14. The van der Waals surface area contributed by atoms with E-state index in [-0.39, 0.29) is 5.78 Å². The number of hydrogen-bond donors (Lipinski definition) is 0. The van der Waals surface area contributed by atoms with Crippen LogP contribution in [-0.4, -0.2) is 25.6 Å². The molecule has 0 aliphatic rings. The van der Waals surface area contributed by atoms with Gasteiger partial charge in [0.2, 0.25) is 0 Å². The van der Waals surface area contributed by atoms with Crippen molar-refractivity contribution in [2.45, 2.75) is 46.5 Å². The molecule has 0 aliphatic heterocycles. The van der Waals surface area contributed by atoms with E-state index in [4.69, 9.17) is 14.2 Å². The molecular weight excluding hydrogens is 388 g/mol. The topological polar surface area (TPSA) is 44.8 Å². The zero-order valence-corrected chi connectivity index (χ0v) is 19.0. The van der Waals surface area contributed by atoms with Crippen molar-refractivity contribution in [3.63, 3.8) is 0 Å². The van der Waals surface area contributed by atoms with Crippen LogP contribution in [0.4, 0.5) is 0 Å². The molecule has 0 saturated carbocycles. The van der Waals surface area contributed by atoms with Crippen molar-refractivity contribution in [2.75, 3.05) is 19.8 Å². The molecule has 0 heterocycles. The highest BCUT2D eigenvalue weighted by molar-refractivity contribution is 6.06. The molecule has 0 unspecified atom stereocenters. The Balaban J connectivity index is 2.25. The third kappa shape index (κ3) is 7.63. The molecule has 0 amide bonds. The van der Waals surface area contributed by atoms with Crippen LogP contribution >= 0.6 is 0 Å². The van der Waals surface area contributed by atoms with Gasteiger partial charge in [0, 0.05) is 11.1 Å². The molecule has 0 aromatic heterocycles. The summed E-state index contributed by atoms with van der Waals surface area (Å²) < 4.78 is 17.5. The molecule has 0 bridgehead atoms. The molecule has 31 heavy (non-hydrogen) atoms. The van der Waals surface area contributed by atoms with Crippen LogP contribution < -0.4 is 14.2 Å². The third-order valence-electron chi connectivity index (χ3n) is 4.55. The zero-order valence-electron chi connectivity index (χ0n) is 19.0. The Kier molecular flexibility index (Phi) is 10.4. The van der Waals surface area contributed by atoms with Gasteiger partial charge in [-0.15, -0.1) is 0 Å². The molecule has 2 aromatic rings. The molecule has 0 spiro atoms. The summed E-state index contributed by atoms with van der Waals surface area (Å²) in [4.78, 5) is 12.6. The van der Waals surface area contributed by atoms with Crippen molar-refractivity contribution in [3.8, 4) is 17.2 Å². The van der Waals surface area contributed by atoms with Gasteiger partial charge in [-0.2, -0.15) is 0 Å². The molecular formula is C27H34O4. The number of benzene rings is 2. The predicted octanol–water partition coefficient (Wildman–Crippen LogP) is 6.68. The number of ketones is 1. The van der Waals surface area contributed by atoms with Crippen molar-refractivity contribution < 1.29 is 19.0 Å². The molecule has 2 rings (SSSR count). The maximum Gasteiger partial charge on any atom is 0.185 e. The average molecular weight is 423 g/mol. The van der Waals surface area contributed by atoms with Crippen molar-refractivity contribution in [1.82, 2.24) is 0 Å². The number of carbonyl (C=O) groups is 1. The number of allylic oxidation sites excluding steroid dienone is 1. The Labute approximate surface area is 186 Å². The molecule has 0 N–H and O–H groups in total. The van der Waals surface area contributed by atoms with E-state index in [0.717, 1.165) is 48.3 Å². The second-order valence-electron chi connectivity index (χ2n) is 7.26. The summed E-state index contributed by atoms with van der Waals surface area (Å²) in [7, 11) is 0. The van der Waals surface area contributed by atoms with Gasteiger partial charge in [0.05, 0.1) is 13.2 Å². The number of ether oxygens (including phenoxy) is 3. The zero-order chi connectivity index (χ0) is 22.5. The van der Waals surface area contributed by atoms with Crippen LogP contribution in [-0.2, 0) is 6.42 Å². The fourth-order valence-electron chi connectivity index (χ4n) is 3.05. The van der Waals surface area contributed by atoms with Gasteiger partial charge in [0.15, 0.2) is 5.78 Å². The molecule has 166 valence electrons. The second kappa shape index (κ2) is 13.3. The minimum atomic E-state index is -0.0695. The van der Waals surface area contributed by atoms with E-state index < -0.39 is 0 Å². The number of hydrogen-bond acceptors (Lipinski definition) is 4. The van der Waals surface area contributed by atoms with E-state index in [0.29, 0.717) is 31.1 Å². The van der Waals surface area contributed by atoms with Crippen LogP contribution in [0.15, 0.2) is 55.1 Å². The van der Waals surface area contributed by atoms with Gasteiger partial charge < -0.3 is 14.2 Å². The molecule has 2 aromatic carbocycles. The standard InChI is InChI=1S/C27H34O4/c1-5-9-24-26(30-17-7-3)19-21(20-27(24)31-18-8-4)10-15-25(28)22-11-13-23(14-12-22)29-16-6-2/h6,10-15,19-20H,2,5,7-9,16-18H2,1,3-4H3/b15-10+. The first-order chi connectivity index (χ1) is 15.1. The van der Waals surface area contributed by atoms with Gasteiger partial charge >= 0.3 is 0 Å². The first-order valence-electron chi connectivity index (χ1n) is 11.1. The van der Waals surface area contributed by atoms with Crippen molar-refractivity contribution >= 4 is 11.9 Å². The van der Waals surface area contributed by atoms with Gasteiger partial charge in [0.25, 0.3) is 0 Å². The molecule has 0 aliphatic carbocycles. The third-order valence-corrected chi connectivity index (χ3v) is 4.55. The Morgan fingerprint density at radius 2 is 1.52 bits per heavy atom. The van der Waals surface area contributed by atoms with E-state index in [2.05, 4.69) is 27.4 Å². The van der Waals surface area contributed by atoms with E-state index >= 15 is 0 Å². The SMILES string of the molecule is C=CCOc1ccc(C(=O)/C=C/c2cc(OCCC)c(CCC)c(OCCC)c2)cc1. The van der Waals surface area contributed by atoms with Crippen LogP contribution in [0.25, 0.3) is 6.08 Å². The minimum Gasteiger partial charge on any atom is -0.493 e. The Bertz CT molecular complexity index is 836. The van der Waals surface area contributed by atoms with E-state index in [1.807, 2.05) is 18.2 Å². The Hall–Kier alpha value is -3.01. The van der Waals surface area contributed by atoms with Crippen LogP contribution in [0.3, 0.4) is 0 Å². The molecule has 4 nitrogen and oxygen atoms in total. The fourth-order valence-corrected chi connectivity index (χ4v) is 3.05. The molecule has 4 heteroatoms. The van der Waals surface area contributed by atoms with Gasteiger partial charge in [-0.3, -0.25) is 4.79 Å². The summed E-state index contributed by atoms with van der Waals surface area (Å²) in [5.41, 5.74) is 2.59. The predicted molar refractivity (Wildman–Crippen MR) is 128 cm³/mol. The molecule has 0 atom stereocenters. The lowest BCUT2D eigenvalue weighted by Gasteiger charge is -2.17. The van der Waals surface area contributed by atoms with Gasteiger partial charge in [-0.05, 0) is 67.3 Å². The van der Waals surface area contributed by atoms with Crippen molar-refractivity contribution in [3.05, 3.63) is 71.8 Å². The van der Waals surface area contributed by atoms with Crippen molar-refractivity contribution in [1.29, 1.82) is 0 Å². The molecule has 0 fully saturated rings. The number of carbonyl (C=O) groups excluding carboxylic acids is 1. The highest BCUT2D eigenvalue weighted by Crippen LogP contribution is 2.33. The molecule has 0 radical (unpaired) electrons. The fraction of sp³-hybridized carbons (Fsp3) is 0.370. The van der Waals surface area contributed by atoms with Crippen LogP contribution in [0.5, 0.6) is 17.2 Å². The lowest BCUT2D eigenvalue weighted by Crippen LogP contribution is -2.04. The minimum absolute atomic E-state index is 0.0695. The van der Waals surface area contributed by atoms with Gasteiger partial charge in [-0.25, -0.2) is 0 Å². The Morgan fingerprint density at radius 1 is 0.903 bits per heavy atom. The van der Waals surface area contributed by atoms with Gasteiger partial charge in [-0.1, -0.05) is 45.9 Å². The lowest BCUT2D eigenvalue weighted by molar-refractivity contribution is 0.104. The maximum atomic E-state index is 12.6. The summed E-state index contributed by atoms with van der Waals surface area (Å²) in [5, 5.41) is 0. The summed E-state index contributed by atoms with van der Waals surface area (Å²) in [6.45, 7) is 11.7. The lowest BCUT2D eigenvalue weighted by atomic mass is 10.0. The maximum absolute atomic E-state index is 12.6. The summed E-state index contributed by atoms with van der Waals surface area (Å²) in [6, 6.07) is 11.1. The smallest absolute Gasteiger partial charge is 0.185 e. The summed E-state index contributed by atoms with van der Waals surface area (Å²) in [5.74, 6) is 2.32. The largest absolute Gasteiger partial charge is 0.493 e. The quantitative estimate of drug-likeness (QED) is 0.194. The second-order valence-corrected chi connectivity index (χ2v) is 7.26. The highest BCUT2D eigenvalue weighted by atomic mass is 16.5. The van der Waals surface area contributed by atoms with Crippen LogP contribution in [0, 0.1) is 0 Å². The normalized spacial score (nSPS) is 10.8. The van der Waals surface area contributed by atoms with E-state index in [1.54, 1.807) is 36.4 Å². The van der Waals surface area contributed by atoms with Crippen LogP contribution in [0.2, 0.25) is 0 Å². The summed E-state index contributed by atoms with van der Waals surface area (Å²) in [6.07, 6.45) is 8.85. The van der Waals surface area contributed by atoms with E-state index in [1.165, 1.54) is 0 Å². The van der Waals surface area contributed by atoms with Crippen molar-refractivity contribution in [2.24, 2.45) is 0 Å². The van der Waals surface area contributed by atoms with Crippen LogP contribution in [0.1, 0.15) is 61.5 Å². The highest BCUT2D eigenvalue weighted by Gasteiger charge is 2.13. The Morgan fingerprint density at radius 3 is 2.03 bits per heavy atom. The van der Waals surface area contributed by atoms with E-state index in [9.17, 15) is 4.79 Å².